The zero-order valence-electron chi connectivity index (χ0n) is 12.4. The maximum Gasteiger partial charge on any atom is 0.313 e. The fraction of sp³-hybridized carbons (Fsp3) is 0.692. The summed E-state index contributed by atoms with van der Waals surface area (Å²) in [4.78, 5) is 10.8. The van der Waals surface area contributed by atoms with Gasteiger partial charge in [0.25, 0.3) is 0 Å². The molecule has 0 bridgehead atoms. The van der Waals surface area contributed by atoms with Gasteiger partial charge < -0.3 is 5.11 Å². The second kappa shape index (κ2) is 5.64. The number of aromatic nitrogens is 2. The molecule has 0 spiro atoms. The lowest BCUT2D eigenvalue weighted by atomic mass is 10.0. The molecule has 6 nitrogen and oxygen atoms in total. The van der Waals surface area contributed by atoms with Crippen LogP contribution in [0.4, 0.5) is 0 Å². The number of carboxylic acid groups (broad SMARTS) is 1. The molecule has 1 aliphatic rings. The van der Waals surface area contributed by atoms with Crippen molar-refractivity contribution in [1.29, 1.82) is 0 Å². The molecule has 0 aliphatic carbocycles. The Morgan fingerprint density at radius 1 is 1.57 bits per heavy atom. The number of thioether (sulfide) groups is 1. The summed E-state index contributed by atoms with van der Waals surface area (Å²) in [5.41, 5.74) is 0.265. The van der Waals surface area contributed by atoms with Gasteiger partial charge in [0, 0.05) is 0 Å². The Morgan fingerprint density at radius 3 is 2.71 bits per heavy atom. The number of sulfone groups is 1. The van der Waals surface area contributed by atoms with Gasteiger partial charge in [0.1, 0.15) is 0 Å². The second-order valence-corrected chi connectivity index (χ2v) is 9.18. The van der Waals surface area contributed by atoms with Crippen LogP contribution in [0.2, 0.25) is 0 Å². The monoisotopic (exact) mass is 332 g/mol. The number of carbonyl (C=O) groups is 1. The SMILES string of the molecule is CC(C)c1cc(SCC(=O)O)n(C2(C)CCS(=O)(=O)C2)n1. The number of hydrogen-bond acceptors (Lipinski definition) is 5. The van der Waals surface area contributed by atoms with Crippen molar-refractivity contribution in [2.75, 3.05) is 17.3 Å². The Morgan fingerprint density at radius 2 is 2.24 bits per heavy atom. The van der Waals surface area contributed by atoms with E-state index >= 15 is 0 Å². The van der Waals surface area contributed by atoms with E-state index in [9.17, 15) is 13.2 Å². The molecule has 1 saturated heterocycles. The fourth-order valence-corrected chi connectivity index (χ4v) is 5.42. The van der Waals surface area contributed by atoms with Gasteiger partial charge in [0.05, 0.1) is 33.5 Å². The van der Waals surface area contributed by atoms with Crippen LogP contribution in [-0.2, 0) is 20.2 Å². The highest BCUT2D eigenvalue weighted by molar-refractivity contribution is 7.99. The van der Waals surface area contributed by atoms with E-state index in [2.05, 4.69) is 5.10 Å². The molecule has 1 aromatic heterocycles. The minimum Gasteiger partial charge on any atom is -0.481 e. The predicted molar refractivity (Wildman–Crippen MR) is 81.6 cm³/mol. The highest BCUT2D eigenvalue weighted by Gasteiger charge is 2.42. The molecule has 0 aromatic carbocycles. The van der Waals surface area contributed by atoms with Crippen LogP contribution in [0.25, 0.3) is 0 Å². The first-order valence-electron chi connectivity index (χ1n) is 6.78. The molecule has 21 heavy (non-hydrogen) atoms. The van der Waals surface area contributed by atoms with Crippen molar-refractivity contribution in [3.05, 3.63) is 11.8 Å². The van der Waals surface area contributed by atoms with Crippen LogP contribution in [0.3, 0.4) is 0 Å². The molecule has 1 atom stereocenters. The van der Waals surface area contributed by atoms with Crippen LogP contribution in [0.1, 0.15) is 38.8 Å². The molecular weight excluding hydrogens is 312 g/mol. The summed E-state index contributed by atoms with van der Waals surface area (Å²) in [7, 11) is -3.05. The van der Waals surface area contributed by atoms with E-state index < -0.39 is 21.3 Å². The quantitative estimate of drug-likeness (QED) is 0.826. The van der Waals surface area contributed by atoms with Gasteiger partial charge in [-0.05, 0) is 25.3 Å². The number of hydrogen-bond donors (Lipinski definition) is 1. The number of carboxylic acids is 1. The molecular formula is C13H20N2O4S2. The normalized spacial score (nSPS) is 24.6. The largest absolute Gasteiger partial charge is 0.481 e. The number of aliphatic carboxylic acids is 1. The maximum atomic E-state index is 11.8. The van der Waals surface area contributed by atoms with E-state index in [-0.39, 0.29) is 23.2 Å². The van der Waals surface area contributed by atoms with E-state index in [1.165, 1.54) is 11.8 Å². The highest BCUT2D eigenvalue weighted by Crippen LogP contribution is 2.35. The van der Waals surface area contributed by atoms with Crippen LogP contribution in [-0.4, -0.2) is 46.5 Å². The summed E-state index contributed by atoms with van der Waals surface area (Å²) in [6.45, 7) is 5.89. The molecule has 118 valence electrons. The summed E-state index contributed by atoms with van der Waals surface area (Å²) < 4.78 is 25.3. The first kappa shape index (κ1) is 16.4. The first-order valence-corrected chi connectivity index (χ1v) is 9.59. The summed E-state index contributed by atoms with van der Waals surface area (Å²) in [5, 5.41) is 14.1. The average Bonchev–Trinajstić information content (AvgIpc) is 2.89. The molecule has 2 heterocycles. The van der Waals surface area contributed by atoms with Gasteiger partial charge in [-0.15, -0.1) is 0 Å². The van der Waals surface area contributed by atoms with Gasteiger partial charge in [-0.25, -0.2) is 8.42 Å². The molecule has 2 rings (SSSR count). The van der Waals surface area contributed by atoms with Crippen LogP contribution >= 0.6 is 11.8 Å². The number of nitrogens with zero attached hydrogens (tertiary/aromatic N) is 2. The predicted octanol–water partition coefficient (Wildman–Crippen LogP) is 1.72. The third kappa shape index (κ3) is 3.60. The van der Waals surface area contributed by atoms with Crippen LogP contribution in [0.5, 0.6) is 0 Å². The Hall–Kier alpha value is -1.02. The Balaban J connectivity index is 2.39. The average molecular weight is 332 g/mol. The molecule has 1 unspecified atom stereocenters. The van der Waals surface area contributed by atoms with Crippen molar-refractivity contribution in [3.8, 4) is 0 Å². The van der Waals surface area contributed by atoms with Gasteiger partial charge in [0.2, 0.25) is 0 Å². The lowest BCUT2D eigenvalue weighted by Gasteiger charge is -2.25. The Bertz CT molecular complexity index is 651. The van der Waals surface area contributed by atoms with Gasteiger partial charge in [0.15, 0.2) is 9.84 Å². The molecule has 8 heteroatoms. The molecule has 1 fully saturated rings. The fourth-order valence-electron chi connectivity index (χ4n) is 2.45. The Kier molecular flexibility index (Phi) is 4.39. The van der Waals surface area contributed by atoms with Crippen LogP contribution in [0, 0.1) is 0 Å². The van der Waals surface area contributed by atoms with Gasteiger partial charge >= 0.3 is 5.97 Å². The van der Waals surface area contributed by atoms with Gasteiger partial charge in [-0.3, -0.25) is 9.48 Å². The summed E-state index contributed by atoms with van der Waals surface area (Å²) in [6, 6.07) is 1.87. The Labute approximate surface area is 128 Å². The van der Waals surface area contributed by atoms with Crippen molar-refractivity contribution < 1.29 is 18.3 Å². The van der Waals surface area contributed by atoms with Crippen molar-refractivity contribution >= 4 is 27.6 Å². The molecule has 1 aromatic rings. The zero-order chi connectivity index (χ0) is 15.8. The standard InChI is InChI=1S/C13H20N2O4S2/c1-9(2)10-6-11(20-7-12(16)17)15(14-10)13(3)4-5-21(18,19)8-13/h6,9H,4-5,7-8H2,1-3H3,(H,16,17). The first-order chi connectivity index (χ1) is 9.63. The molecule has 1 N–H and O–H groups in total. The van der Waals surface area contributed by atoms with E-state index in [1.807, 2.05) is 26.8 Å². The van der Waals surface area contributed by atoms with Crippen molar-refractivity contribution in [3.63, 3.8) is 0 Å². The van der Waals surface area contributed by atoms with Crippen molar-refractivity contribution in [2.45, 2.75) is 43.7 Å². The summed E-state index contributed by atoms with van der Waals surface area (Å²) >= 11 is 1.19. The van der Waals surface area contributed by atoms with E-state index in [4.69, 9.17) is 5.11 Å². The van der Waals surface area contributed by atoms with Crippen molar-refractivity contribution in [1.82, 2.24) is 9.78 Å². The summed E-state index contributed by atoms with van der Waals surface area (Å²) in [6.07, 6.45) is 0.509. The van der Waals surface area contributed by atoms with E-state index in [0.717, 1.165) is 10.7 Å². The number of rotatable bonds is 5. The molecule has 0 amide bonds. The van der Waals surface area contributed by atoms with E-state index in [0.29, 0.717) is 6.42 Å². The molecule has 1 aliphatic heterocycles. The maximum absolute atomic E-state index is 11.8. The lowest BCUT2D eigenvalue weighted by Crippen LogP contribution is -2.33. The zero-order valence-corrected chi connectivity index (χ0v) is 14.0. The van der Waals surface area contributed by atoms with Gasteiger partial charge in [-0.1, -0.05) is 25.6 Å². The minimum absolute atomic E-state index is 0.0554. The van der Waals surface area contributed by atoms with E-state index in [1.54, 1.807) is 4.68 Å². The molecule has 0 saturated carbocycles. The summed E-state index contributed by atoms with van der Waals surface area (Å²) in [5.74, 6) is -0.546. The van der Waals surface area contributed by atoms with Crippen LogP contribution in [0.15, 0.2) is 11.1 Å². The minimum atomic E-state index is -3.05. The lowest BCUT2D eigenvalue weighted by molar-refractivity contribution is -0.133. The smallest absolute Gasteiger partial charge is 0.313 e. The third-order valence-corrected chi connectivity index (χ3v) is 6.49. The molecule has 0 radical (unpaired) electrons. The third-order valence-electron chi connectivity index (χ3n) is 3.62. The van der Waals surface area contributed by atoms with Crippen LogP contribution < -0.4 is 0 Å². The van der Waals surface area contributed by atoms with Gasteiger partial charge in [-0.2, -0.15) is 5.10 Å². The highest BCUT2D eigenvalue weighted by atomic mass is 32.2. The van der Waals surface area contributed by atoms with Crippen molar-refractivity contribution in [2.24, 2.45) is 0 Å². The topological polar surface area (TPSA) is 89.3 Å². The second-order valence-electron chi connectivity index (χ2n) is 6.00.